The summed E-state index contributed by atoms with van der Waals surface area (Å²) in [5.41, 5.74) is 1.78. The fourth-order valence-corrected chi connectivity index (χ4v) is 5.96. The lowest BCUT2D eigenvalue weighted by Gasteiger charge is -2.18. The number of anilines is 2. The van der Waals surface area contributed by atoms with Gasteiger partial charge >= 0.3 is 0 Å². The van der Waals surface area contributed by atoms with Crippen molar-refractivity contribution in [2.45, 2.75) is 12.2 Å². The van der Waals surface area contributed by atoms with Gasteiger partial charge in [0.15, 0.2) is 0 Å². The van der Waals surface area contributed by atoms with Gasteiger partial charge in [0.2, 0.25) is 11.8 Å². The maximum Gasteiger partial charge on any atom is 0.294 e. The van der Waals surface area contributed by atoms with Gasteiger partial charge in [0.1, 0.15) is 5.69 Å². The fourth-order valence-electron chi connectivity index (χ4n) is 5.14. The minimum Gasteiger partial charge on any atom is -0.379 e. The van der Waals surface area contributed by atoms with Crippen LogP contribution in [0.1, 0.15) is 12.0 Å². The average Bonchev–Trinajstić information content (AvgIpc) is 3.48. The van der Waals surface area contributed by atoms with Gasteiger partial charge in [-0.25, -0.2) is 4.90 Å². The van der Waals surface area contributed by atoms with Crippen LogP contribution in [0, 0.1) is 33.8 Å². The summed E-state index contributed by atoms with van der Waals surface area (Å²) in [5.74, 6) is 0.768. The number of amides is 2. The monoisotopic (exact) mass is 449 g/mol. The summed E-state index contributed by atoms with van der Waals surface area (Å²) in [5, 5.41) is 14.8. The molecule has 164 valence electrons. The van der Waals surface area contributed by atoms with Gasteiger partial charge in [-0.1, -0.05) is 42.5 Å². The summed E-state index contributed by atoms with van der Waals surface area (Å²) < 4.78 is 0. The second-order valence-corrected chi connectivity index (χ2v) is 9.54. The van der Waals surface area contributed by atoms with Crippen LogP contribution >= 0.6 is 11.8 Å². The second-order valence-electron chi connectivity index (χ2n) is 8.44. The lowest BCUT2D eigenvalue weighted by atomic mass is 9.85. The second kappa shape index (κ2) is 8.43. The van der Waals surface area contributed by atoms with E-state index in [0.29, 0.717) is 12.2 Å². The van der Waals surface area contributed by atoms with Gasteiger partial charge in [-0.2, -0.15) is 11.8 Å². The van der Waals surface area contributed by atoms with Crippen LogP contribution in [0.15, 0.2) is 60.7 Å². The molecule has 7 nitrogen and oxygen atoms in total. The molecule has 1 heterocycles. The van der Waals surface area contributed by atoms with E-state index in [1.54, 1.807) is 23.9 Å². The Bertz CT molecular complexity index is 1070. The first kappa shape index (κ1) is 20.8. The third-order valence-corrected chi connectivity index (χ3v) is 7.61. The topological polar surface area (TPSA) is 92.6 Å². The predicted molar refractivity (Wildman–Crippen MR) is 124 cm³/mol. The molecule has 1 saturated carbocycles. The zero-order chi connectivity index (χ0) is 22.2. The van der Waals surface area contributed by atoms with E-state index in [4.69, 9.17) is 0 Å². The number of thioether (sulfide) groups is 1. The first-order valence-electron chi connectivity index (χ1n) is 10.7. The van der Waals surface area contributed by atoms with Crippen LogP contribution in [0.5, 0.6) is 0 Å². The standard InChI is InChI=1S/C24H23N3O4S/c28-23-21-16-6-7-17(12-16)22(21)24(29)26(23)18-8-9-19(20(13-18)27(30)31)25-10-11-32-14-15-4-2-1-3-5-15/h1-9,13,16-17,21-22,25H,10-12,14H2/t16-,17-,21-,22-/m0/s1. The molecule has 2 amide bonds. The molecule has 4 atom stereocenters. The highest BCUT2D eigenvalue weighted by Gasteiger charge is 2.59. The first-order chi connectivity index (χ1) is 15.5. The molecular weight excluding hydrogens is 426 g/mol. The Morgan fingerprint density at radius 2 is 1.72 bits per heavy atom. The summed E-state index contributed by atoms with van der Waals surface area (Å²) in [7, 11) is 0. The molecule has 3 aliphatic rings. The van der Waals surface area contributed by atoms with Crippen LogP contribution in [0.25, 0.3) is 0 Å². The largest absolute Gasteiger partial charge is 0.379 e. The molecule has 1 aliphatic heterocycles. The molecule has 0 aromatic heterocycles. The predicted octanol–water partition coefficient (Wildman–Crippen LogP) is 4.25. The van der Waals surface area contributed by atoms with Crippen LogP contribution in [0.4, 0.5) is 17.1 Å². The Hall–Kier alpha value is -3.13. The highest BCUT2D eigenvalue weighted by Crippen LogP contribution is 2.53. The van der Waals surface area contributed by atoms with Crippen molar-refractivity contribution in [3.8, 4) is 0 Å². The van der Waals surface area contributed by atoms with Crippen molar-refractivity contribution in [1.82, 2.24) is 0 Å². The number of carbonyl (C=O) groups excluding carboxylic acids is 2. The fraction of sp³-hybridized carbons (Fsp3) is 0.333. The summed E-state index contributed by atoms with van der Waals surface area (Å²) in [6, 6.07) is 14.7. The zero-order valence-corrected chi connectivity index (χ0v) is 18.2. The van der Waals surface area contributed by atoms with E-state index in [1.807, 2.05) is 30.4 Å². The van der Waals surface area contributed by atoms with Gasteiger partial charge in [0, 0.05) is 24.1 Å². The third-order valence-electron chi connectivity index (χ3n) is 6.58. The van der Waals surface area contributed by atoms with Gasteiger partial charge in [-0.3, -0.25) is 19.7 Å². The van der Waals surface area contributed by atoms with Gasteiger partial charge < -0.3 is 5.32 Å². The minimum atomic E-state index is -0.472. The molecule has 0 radical (unpaired) electrons. The number of imide groups is 1. The van der Waals surface area contributed by atoms with E-state index < -0.39 is 4.92 Å². The highest BCUT2D eigenvalue weighted by molar-refractivity contribution is 7.98. The number of allylic oxidation sites excluding steroid dienone is 2. The Kier molecular flexibility index (Phi) is 5.46. The molecule has 1 N–H and O–H groups in total. The van der Waals surface area contributed by atoms with Crippen molar-refractivity contribution in [2.75, 3.05) is 22.5 Å². The molecule has 2 aliphatic carbocycles. The van der Waals surface area contributed by atoms with Gasteiger partial charge in [0.25, 0.3) is 5.69 Å². The normalized spacial score (nSPS) is 25.4. The van der Waals surface area contributed by atoms with Gasteiger partial charge in [-0.05, 0) is 36.0 Å². The van der Waals surface area contributed by atoms with E-state index in [-0.39, 0.29) is 46.9 Å². The van der Waals surface area contributed by atoms with Crippen LogP contribution in [0.2, 0.25) is 0 Å². The van der Waals surface area contributed by atoms with Gasteiger partial charge in [-0.15, -0.1) is 0 Å². The SMILES string of the molecule is O=C1[C@@H]2[C@@H](C(=O)N1c1ccc(NCCSCc3ccccc3)c([N+](=O)[O-])c1)[C@H]1C=C[C@H]2C1. The molecule has 32 heavy (non-hydrogen) atoms. The molecule has 5 rings (SSSR count). The molecule has 0 unspecified atom stereocenters. The Balaban J connectivity index is 1.26. The van der Waals surface area contributed by atoms with Gasteiger partial charge in [0.05, 0.1) is 22.4 Å². The zero-order valence-electron chi connectivity index (χ0n) is 17.3. The maximum atomic E-state index is 13.0. The van der Waals surface area contributed by atoms with Crippen molar-refractivity contribution in [3.63, 3.8) is 0 Å². The molecular formula is C24H23N3O4S. The average molecular weight is 450 g/mol. The summed E-state index contributed by atoms with van der Waals surface area (Å²) in [6.07, 6.45) is 4.92. The molecule has 2 fully saturated rings. The highest BCUT2D eigenvalue weighted by atomic mass is 32.2. The Labute approximate surface area is 190 Å². The van der Waals surface area contributed by atoms with E-state index in [2.05, 4.69) is 17.4 Å². The number of fused-ring (bicyclic) bond motifs is 5. The lowest BCUT2D eigenvalue weighted by molar-refractivity contribution is -0.383. The third kappa shape index (κ3) is 3.58. The molecule has 1 saturated heterocycles. The number of nitro benzene ring substituents is 1. The number of nitrogens with one attached hydrogen (secondary N) is 1. The lowest BCUT2D eigenvalue weighted by Crippen LogP contribution is -2.32. The smallest absolute Gasteiger partial charge is 0.294 e. The van der Waals surface area contributed by atoms with Crippen molar-refractivity contribution in [3.05, 3.63) is 76.4 Å². The first-order valence-corrected chi connectivity index (χ1v) is 11.9. The van der Waals surface area contributed by atoms with Crippen molar-refractivity contribution in [2.24, 2.45) is 23.7 Å². The summed E-state index contributed by atoms with van der Waals surface area (Å²) in [4.78, 5) is 38.4. The number of rotatable bonds is 8. The number of hydrogen-bond donors (Lipinski definition) is 1. The molecule has 0 spiro atoms. The number of benzene rings is 2. The van der Waals surface area contributed by atoms with E-state index in [1.165, 1.54) is 11.6 Å². The number of nitrogens with zero attached hydrogens (tertiary/aromatic N) is 2. The Morgan fingerprint density at radius 1 is 1.03 bits per heavy atom. The summed E-state index contributed by atoms with van der Waals surface area (Å²) in [6.45, 7) is 0.568. The number of carbonyl (C=O) groups is 2. The van der Waals surface area contributed by atoms with E-state index in [0.717, 1.165) is 22.8 Å². The van der Waals surface area contributed by atoms with E-state index in [9.17, 15) is 19.7 Å². The molecule has 2 bridgehead atoms. The van der Waals surface area contributed by atoms with Crippen molar-refractivity contribution >= 4 is 40.6 Å². The molecule has 2 aromatic rings. The van der Waals surface area contributed by atoms with E-state index >= 15 is 0 Å². The van der Waals surface area contributed by atoms with Crippen LogP contribution in [-0.2, 0) is 15.3 Å². The molecule has 2 aromatic carbocycles. The minimum absolute atomic E-state index is 0.107. The number of nitro groups is 1. The maximum absolute atomic E-state index is 13.0. The Morgan fingerprint density at radius 3 is 2.38 bits per heavy atom. The summed E-state index contributed by atoms with van der Waals surface area (Å²) >= 11 is 1.74. The quantitative estimate of drug-likeness (QED) is 0.213. The van der Waals surface area contributed by atoms with Crippen LogP contribution in [0.3, 0.4) is 0 Å². The molecule has 8 heteroatoms. The van der Waals surface area contributed by atoms with Crippen LogP contribution < -0.4 is 10.2 Å². The van der Waals surface area contributed by atoms with Crippen molar-refractivity contribution < 1.29 is 14.5 Å². The van der Waals surface area contributed by atoms with Crippen LogP contribution in [-0.4, -0.2) is 29.0 Å². The van der Waals surface area contributed by atoms with Crippen molar-refractivity contribution in [1.29, 1.82) is 0 Å². The number of hydrogen-bond acceptors (Lipinski definition) is 6.